The van der Waals surface area contributed by atoms with Gasteiger partial charge in [-0.2, -0.15) is 5.10 Å². The number of aromatic nitrogens is 2. The fourth-order valence-corrected chi connectivity index (χ4v) is 3.20. The summed E-state index contributed by atoms with van der Waals surface area (Å²) in [7, 11) is 0. The van der Waals surface area contributed by atoms with Gasteiger partial charge in [-0.15, -0.1) is 0 Å². The normalized spacial score (nSPS) is 12.0. The van der Waals surface area contributed by atoms with E-state index >= 15 is 0 Å². The lowest BCUT2D eigenvalue weighted by atomic mass is 10.1. The molecule has 158 valence electrons. The molecule has 0 saturated heterocycles. The highest BCUT2D eigenvalue weighted by atomic mass is 35.5. The van der Waals surface area contributed by atoms with Gasteiger partial charge in [0.05, 0.1) is 36.2 Å². The summed E-state index contributed by atoms with van der Waals surface area (Å²) in [4.78, 5) is 11.5. The zero-order chi connectivity index (χ0) is 21.7. The number of aromatic carboxylic acids is 1. The maximum Gasteiger partial charge on any atom is 0.335 e. The van der Waals surface area contributed by atoms with Gasteiger partial charge < -0.3 is 14.9 Å². The van der Waals surface area contributed by atoms with Crippen molar-refractivity contribution in [1.29, 1.82) is 0 Å². The number of benzene rings is 2. The Morgan fingerprint density at radius 1 is 1.17 bits per heavy atom. The average molecular weight is 429 g/mol. The SMILES string of the molecule is CCCOc1ccc(C(=O)O)cc1-c1cc(-c2ccc(Cl)cc2)n(C[C@H](O)CC)n1. The first-order valence-corrected chi connectivity index (χ1v) is 10.3. The minimum atomic E-state index is -1.02. The van der Waals surface area contributed by atoms with Gasteiger partial charge in [-0.3, -0.25) is 4.68 Å². The number of carboxylic acids is 1. The van der Waals surface area contributed by atoms with Crippen molar-refractivity contribution >= 4 is 17.6 Å². The summed E-state index contributed by atoms with van der Waals surface area (Å²) in [5, 5.41) is 25.0. The van der Waals surface area contributed by atoms with E-state index in [2.05, 4.69) is 5.10 Å². The van der Waals surface area contributed by atoms with Gasteiger partial charge in [-0.05, 0) is 54.8 Å². The van der Waals surface area contributed by atoms with Crippen LogP contribution in [0.25, 0.3) is 22.5 Å². The Morgan fingerprint density at radius 2 is 1.90 bits per heavy atom. The Morgan fingerprint density at radius 3 is 2.53 bits per heavy atom. The first-order valence-electron chi connectivity index (χ1n) is 9.95. The maximum absolute atomic E-state index is 11.5. The van der Waals surface area contributed by atoms with Crippen LogP contribution < -0.4 is 4.74 Å². The van der Waals surface area contributed by atoms with Gasteiger partial charge in [0.15, 0.2) is 0 Å². The van der Waals surface area contributed by atoms with Crippen molar-refractivity contribution in [1.82, 2.24) is 9.78 Å². The quantitative estimate of drug-likeness (QED) is 0.493. The van der Waals surface area contributed by atoms with Crippen LogP contribution in [0.4, 0.5) is 0 Å². The Hall–Kier alpha value is -2.83. The molecule has 0 aliphatic heterocycles. The third kappa shape index (κ3) is 5.01. The van der Waals surface area contributed by atoms with E-state index in [-0.39, 0.29) is 5.56 Å². The molecule has 1 atom stereocenters. The van der Waals surface area contributed by atoms with Crippen LogP contribution in [-0.2, 0) is 6.54 Å². The van der Waals surface area contributed by atoms with Crippen molar-refractivity contribution in [3.63, 3.8) is 0 Å². The van der Waals surface area contributed by atoms with E-state index in [1.165, 1.54) is 6.07 Å². The molecule has 0 radical (unpaired) electrons. The first kappa shape index (κ1) is 21.9. The number of halogens is 1. The molecule has 6 nitrogen and oxygen atoms in total. The number of rotatable bonds is 9. The van der Waals surface area contributed by atoms with Gasteiger partial charge >= 0.3 is 5.97 Å². The van der Waals surface area contributed by atoms with Crippen molar-refractivity contribution in [2.75, 3.05) is 6.61 Å². The number of nitrogens with zero attached hydrogens (tertiary/aromatic N) is 2. The molecule has 0 saturated carbocycles. The second kappa shape index (κ2) is 9.78. The molecule has 1 heterocycles. The fraction of sp³-hybridized carbons (Fsp3) is 0.304. The molecule has 0 aliphatic carbocycles. The lowest BCUT2D eigenvalue weighted by molar-refractivity contribution is 0.0697. The van der Waals surface area contributed by atoms with Crippen LogP contribution >= 0.6 is 11.6 Å². The Bertz CT molecular complexity index is 1010. The van der Waals surface area contributed by atoms with E-state index in [1.54, 1.807) is 28.9 Å². The van der Waals surface area contributed by atoms with Crippen molar-refractivity contribution in [3.05, 3.63) is 59.1 Å². The van der Waals surface area contributed by atoms with E-state index in [4.69, 9.17) is 16.3 Å². The average Bonchev–Trinajstić information content (AvgIpc) is 3.15. The lowest BCUT2D eigenvalue weighted by Crippen LogP contribution is -2.16. The van der Waals surface area contributed by atoms with E-state index in [0.717, 1.165) is 17.7 Å². The van der Waals surface area contributed by atoms with E-state index in [9.17, 15) is 15.0 Å². The molecule has 1 aromatic heterocycles. The number of hydrogen-bond donors (Lipinski definition) is 2. The van der Waals surface area contributed by atoms with Gasteiger partial charge in [-0.25, -0.2) is 4.79 Å². The minimum Gasteiger partial charge on any atom is -0.493 e. The minimum absolute atomic E-state index is 0.157. The molecular weight excluding hydrogens is 404 g/mol. The summed E-state index contributed by atoms with van der Waals surface area (Å²) in [5.41, 5.74) is 3.04. The molecule has 2 N–H and O–H groups in total. The van der Waals surface area contributed by atoms with Gasteiger partial charge in [0.2, 0.25) is 0 Å². The molecule has 0 amide bonds. The van der Waals surface area contributed by atoms with Crippen molar-refractivity contribution in [3.8, 4) is 28.3 Å². The Kier molecular flexibility index (Phi) is 7.13. The third-order valence-corrected chi connectivity index (χ3v) is 4.99. The standard InChI is InChI=1S/C23H25ClN2O4/c1-3-11-30-22-10-7-16(23(28)29)12-19(22)20-13-21(15-5-8-17(24)9-6-15)26(25-20)14-18(27)4-2/h5-10,12-13,18,27H,3-4,11,14H2,1-2H3,(H,28,29)/t18-/m1/s1. The first-order chi connectivity index (χ1) is 14.4. The van der Waals surface area contributed by atoms with Crippen LogP contribution in [0, 0.1) is 0 Å². The molecule has 0 aliphatic rings. The molecule has 0 fully saturated rings. The number of hydrogen-bond acceptors (Lipinski definition) is 4. The zero-order valence-electron chi connectivity index (χ0n) is 17.0. The zero-order valence-corrected chi connectivity index (χ0v) is 17.8. The predicted octanol–water partition coefficient (Wildman–Crippen LogP) is 5.13. The molecule has 30 heavy (non-hydrogen) atoms. The van der Waals surface area contributed by atoms with Crippen LogP contribution in [0.1, 0.15) is 37.0 Å². The van der Waals surface area contributed by atoms with Crippen molar-refractivity contribution in [2.24, 2.45) is 0 Å². The van der Waals surface area contributed by atoms with Crippen molar-refractivity contribution in [2.45, 2.75) is 39.3 Å². The van der Waals surface area contributed by atoms with Gasteiger partial charge in [0.25, 0.3) is 0 Å². The van der Waals surface area contributed by atoms with E-state index in [1.807, 2.05) is 32.0 Å². The number of carboxylic acid groups (broad SMARTS) is 1. The second-order valence-electron chi connectivity index (χ2n) is 7.03. The summed E-state index contributed by atoms with van der Waals surface area (Å²) < 4.78 is 7.58. The molecular formula is C23H25ClN2O4. The fourth-order valence-electron chi connectivity index (χ4n) is 3.07. The monoisotopic (exact) mass is 428 g/mol. The van der Waals surface area contributed by atoms with Crippen LogP contribution in [0.5, 0.6) is 5.75 Å². The summed E-state index contributed by atoms with van der Waals surface area (Å²) in [5.74, 6) is -0.442. The summed E-state index contributed by atoms with van der Waals surface area (Å²) in [6.07, 6.45) is 0.868. The highest BCUT2D eigenvalue weighted by molar-refractivity contribution is 6.30. The molecule has 0 spiro atoms. The van der Waals surface area contributed by atoms with Crippen LogP contribution in [0.15, 0.2) is 48.5 Å². The van der Waals surface area contributed by atoms with Gasteiger partial charge in [0, 0.05) is 10.6 Å². The Balaban J connectivity index is 2.13. The smallest absolute Gasteiger partial charge is 0.335 e. The van der Waals surface area contributed by atoms with E-state index in [0.29, 0.717) is 41.6 Å². The summed E-state index contributed by atoms with van der Waals surface area (Å²) >= 11 is 6.03. The number of aliphatic hydroxyl groups is 1. The largest absolute Gasteiger partial charge is 0.493 e. The number of ether oxygens (including phenoxy) is 1. The van der Waals surface area contributed by atoms with Crippen LogP contribution in [0.3, 0.4) is 0 Å². The van der Waals surface area contributed by atoms with Crippen LogP contribution in [-0.4, -0.2) is 38.7 Å². The third-order valence-electron chi connectivity index (χ3n) is 4.74. The molecule has 3 aromatic rings. The summed E-state index contributed by atoms with van der Waals surface area (Å²) in [6, 6.07) is 14.0. The molecule has 0 bridgehead atoms. The topological polar surface area (TPSA) is 84.6 Å². The van der Waals surface area contributed by atoms with Gasteiger partial charge in [-0.1, -0.05) is 37.6 Å². The number of aliphatic hydroxyl groups excluding tert-OH is 1. The Labute approximate surface area is 180 Å². The highest BCUT2D eigenvalue weighted by Crippen LogP contribution is 2.34. The summed E-state index contributed by atoms with van der Waals surface area (Å²) in [6.45, 7) is 4.74. The maximum atomic E-state index is 11.5. The highest BCUT2D eigenvalue weighted by Gasteiger charge is 2.18. The molecule has 3 rings (SSSR count). The molecule has 0 unspecified atom stereocenters. The second-order valence-corrected chi connectivity index (χ2v) is 7.47. The lowest BCUT2D eigenvalue weighted by Gasteiger charge is -2.12. The number of carbonyl (C=O) groups is 1. The van der Waals surface area contributed by atoms with Crippen LogP contribution in [0.2, 0.25) is 5.02 Å². The van der Waals surface area contributed by atoms with E-state index < -0.39 is 12.1 Å². The molecule has 7 heteroatoms. The molecule has 2 aromatic carbocycles. The van der Waals surface area contributed by atoms with Gasteiger partial charge in [0.1, 0.15) is 5.75 Å². The predicted molar refractivity (Wildman–Crippen MR) is 117 cm³/mol. The van der Waals surface area contributed by atoms with Crippen molar-refractivity contribution < 1.29 is 19.7 Å².